The Morgan fingerprint density at radius 2 is 2.21 bits per heavy atom. The van der Waals surface area contributed by atoms with Crippen LogP contribution in [-0.4, -0.2) is 33.4 Å². The first kappa shape index (κ1) is 14.7. The molecule has 4 rings (SSSR count). The van der Waals surface area contributed by atoms with Crippen molar-refractivity contribution in [2.75, 3.05) is 11.9 Å². The molecular formula is C17H17N3O4. The van der Waals surface area contributed by atoms with Crippen molar-refractivity contribution in [3.8, 4) is 5.75 Å². The van der Waals surface area contributed by atoms with E-state index in [0.717, 1.165) is 24.2 Å². The van der Waals surface area contributed by atoms with Crippen LogP contribution in [0.2, 0.25) is 0 Å². The van der Waals surface area contributed by atoms with Crippen molar-refractivity contribution in [2.24, 2.45) is 5.92 Å². The molecule has 0 saturated heterocycles. The average Bonchev–Trinajstić information content (AvgIpc) is 3.11. The lowest BCUT2D eigenvalue weighted by molar-refractivity contribution is -0.137. The third-order valence-corrected chi connectivity index (χ3v) is 4.81. The molecule has 2 aromatic rings. The number of nitrogens with zero attached hydrogens (tertiary/aromatic N) is 2. The van der Waals surface area contributed by atoms with Crippen LogP contribution in [0.25, 0.3) is 0 Å². The van der Waals surface area contributed by atoms with Gasteiger partial charge in [0.15, 0.2) is 5.82 Å². The molecule has 2 N–H and O–H groups in total. The Morgan fingerprint density at radius 1 is 1.38 bits per heavy atom. The van der Waals surface area contributed by atoms with Crippen molar-refractivity contribution >= 4 is 17.7 Å². The molecule has 1 aliphatic carbocycles. The van der Waals surface area contributed by atoms with Crippen LogP contribution in [0, 0.1) is 5.92 Å². The van der Waals surface area contributed by atoms with Crippen LogP contribution in [-0.2, 0) is 21.5 Å². The topological polar surface area (TPSA) is 93.5 Å². The third kappa shape index (κ3) is 2.42. The molecular weight excluding hydrogens is 310 g/mol. The quantitative estimate of drug-likeness (QED) is 0.890. The minimum Gasteiger partial charge on any atom is -0.493 e. The number of nitrogens with one attached hydrogen (secondary N) is 1. The number of ether oxygens (including phenoxy) is 1. The van der Waals surface area contributed by atoms with Gasteiger partial charge < -0.3 is 15.2 Å². The molecule has 2 atom stereocenters. The second kappa shape index (κ2) is 5.36. The van der Waals surface area contributed by atoms with Crippen molar-refractivity contribution in [3.05, 3.63) is 42.1 Å². The molecule has 1 aliphatic heterocycles. The molecule has 0 radical (unpaired) electrons. The summed E-state index contributed by atoms with van der Waals surface area (Å²) < 4.78 is 6.96. The average molecular weight is 327 g/mol. The van der Waals surface area contributed by atoms with E-state index in [1.807, 2.05) is 24.3 Å². The summed E-state index contributed by atoms with van der Waals surface area (Å²) in [5.41, 5.74) is 0.968. The smallest absolute Gasteiger partial charge is 0.325 e. The first-order valence-corrected chi connectivity index (χ1v) is 7.87. The molecule has 0 bridgehead atoms. The van der Waals surface area contributed by atoms with Gasteiger partial charge in [0.05, 0.1) is 6.61 Å². The van der Waals surface area contributed by atoms with Crippen LogP contribution in [0.5, 0.6) is 5.75 Å². The number of carboxylic acid groups (broad SMARTS) is 1. The predicted octanol–water partition coefficient (Wildman–Crippen LogP) is 1.65. The fourth-order valence-electron chi connectivity index (χ4n) is 3.57. The van der Waals surface area contributed by atoms with Crippen molar-refractivity contribution in [2.45, 2.75) is 24.8 Å². The van der Waals surface area contributed by atoms with E-state index in [1.54, 1.807) is 6.07 Å². The summed E-state index contributed by atoms with van der Waals surface area (Å²) in [6.45, 7) is 0.391. The molecule has 0 unspecified atom stereocenters. The Hall–Kier alpha value is -2.83. The third-order valence-electron chi connectivity index (χ3n) is 4.81. The van der Waals surface area contributed by atoms with Gasteiger partial charge in [0.2, 0.25) is 5.91 Å². The van der Waals surface area contributed by atoms with Crippen molar-refractivity contribution in [1.29, 1.82) is 0 Å². The Balaban J connectivity index is 1.48. The summed E-state index contributed by atoms with van der Waals surface area (Å²) in [5, 5.41) is 15.6. The molecule has 1 amide bonds. The lowest BCUT2D eigenvalue weighted by Gasteiger charge is -2.26. The van der Waals surface area contributed by atoms with Gasteiger partial charge in [0.25, 0.3) is 0 Å². The summed E-state index contributed by atoms with van der Waals surface area (Å²) in [5.74, 6) is 0.0869. The molecule has 2 aliphatic rings. The summed E-state index contributed by atoms with van der Waals surface area (Å²) in [4.78, 5) is 23.2. The van der Waals surface area contributed by atoms with Gasteiger partial charge in [-0.25, -0.2) is 0 Å². The number of aliphatic carboxylic acids is 1. The number of carbonyl (C=O) groups is 2. The lowest BCUT2D eigenvalue weighted by Crippen LogP contribution is -2.26. The van der Waals surface area contributed by atoms with E-state index in [4.69, 9.17) is 9.84 Å². The molecule has 1 aromatic carbocycles. The van der Waals surface area contributed by atoms with Crippen LogP contribution in [0.15, 0.2) is 36.5 Å². The number of aromatic nitrogens is 2. The lowest BCUT2D eigenvalue weighted by atomic mass is 9.87. The first-order valence-electron chi connectivity index (χ1n) is 7.87. The molecule has 1 fully saturated rings. The number of carbonyl (C=O) groups excluding carboxylic acids is 1. The van der Waals surface area contributed by atoms with Gasteiger partial charge in [-0.05, 0) is 18.9 Å². The van der Waals surface area contributed by atoms with Gasteiger partial charge in [0, 0.05) is 29.2 Å². The SMILES string of the molecule is O=C(O)Cn1ccc(NC(=O)[C@@H]2C[C@]23CCOc2ccccc23)n1. The number of hydrogen-bond acceptors (Lipinski definition) is 4. The molecule has 24 heavy (non-hydrogen) atoms. The zero-order valence-electron chi connectivity index (χ0n) is 12.9. The maximum absolute atomic E-state index is 12.6. The van der Waals surface area contributed by atoms with E-state index in [-0.39, 0.29) is 23.8 Å². The summed E-state index contributed by atoms with van der Waals surface area (Å²) >= 11 is 0. The normalized spacial score (nSPS) is 24.1. The van der Waals surface area contributed by atoms with Crippen LogP contribution in [0.1, 0.15) is 18.4 Å². The molecule has 7 nitrogen and oxygen atoms in total. The fourth-order valence-corrected chi connectivity index (χ4v) is 3.57. The second-order valence-electron chi connectivity index (χ2n) is 6.29. The summed E-state index contributed by atoms with van der Waals surface area (Å²) in [6, 6.07) is 9.48. The monoisotopic (exact) mass is 327 g/mol. The van der Waals surface area contributed by atoms with Gasteiger partial charge in [-0.2, -0.15) is 5.10 Å². The van der Waals surface area contributed by atoms with Crippen LogP contribution in [0.4, 0.5) is 5.82 Å². The summed E-state index contributed by atoms with van der Waals surface area (Å²) in [6.07, 6.45) is 3.17. The number of hydrogen-bond donors (Lipinski definition) is 2. The Kier molecular flexibility index (Phi) is 3.30. The van der Waals surface area contributed by atoms with E-state index in [9.17, 15) is 9.59 Å². The number of benzene rings is 1. The van der Waals surface area contributed by atoms with E-state index in [2.05, 4.69) is 10.4 Å². The standard InChI is InChI=1S/C17H17N3O4/c21-15(22)10-20-7-5-14(19-20)18-16(23)12-9-17(12)6-8-24-13-4-2-1-3-11(13)17/h1-5,7,12H,6,8-10H2,(H,21,22)(H,18,19,23)/t12-,17-/m0/s1. The maximum atomic E-state index is 12.6. The number of carboxylic acids is 1. The highest BCUT2D eigenvalue weighted by atomic mass is 16.5. The van der Waals surface area contributed by atoms with E-state index in [1.165, 1.54) is 10.9 Å². The van der Waals surface area contributed by atoms with Crippen LogP contribution >= 0.6 is 0 Å². The van der Waals surface area contributed by atoms with Crippen molar-refractivity contribution in [3.63, 3.8) is 0 Å². The maximum Gasteiger partial charge on any atom is 0.325 e. The largest absolute Gasteiger partial charge is 0.493 e. The molecule has 7 heteroatoms. The highest BCUT2D eigenvalue weighted by Gasteiger charge is 2.61. The molecule has 124 valence electrons. The van der Waals surface area contributed by atoms with Crippen LogP contribution in [0.3, 0.4) is 0 Å². The van der Waals surface area contributed by atoms with Gasteiger partial charge >= 0.3 is 5.97 Å². The first-order chi connectivity index (χ1) is 11.6. The van der Waals surface area contributed by atoms with E-state index < -0.39 is 5.97 Å². The number of amides is 1. The fraction of sp³-hybridized carbons (Fsp3) is 0.353. The van der Waals surface area contributed by atoms with E-state index >= 15 is 0 Å². The number of fused-ring (bicyclic) bond motifs is 2. The van der Waals surface area contributed by atoms with Gasteiger partial charge in [-0.15, -0.1) is 0 Å². The minimum atomic E-state index is -0.976. The van der Waals surface area contributed by atoms with E-state index in [0.29, 0.717) is 12.4 Å². The second-order valence-corrected chi connectivity index (χ2v) is 6.29. The van der Waals surface area contributed by atoms with Gasteiger partial charge in [-0.3, -0.25) is 14.3 Å². The van der Waals surface area contributed by atoms with Gasteiger partial charge in [-0.1, -0.05) is 18.2 Å². The molecule has 1 spiro atoms. The Bertz CT molecular complexity index is 816. The minimum absolute atomic E-state index is 0.0766. The van der Waals surface area contributed by atoms with Crippen molar-refractivity contribution in [1.82, 2.24) is 9.78 Å². The number of anilines is 1. The predicted molar refractivity (Wildman–Crippen MR) is 84.8 cm³/mol. The number of para-hydroxylation sites is 1. The Morgan fingerprint density at radius 3 is 3.04 bits per heavy atom. The Labute approximate surface area is 138 Å². The molecule has 2 heterocycles. The zero-order valence-corrected chi connectivity index (χ0v) is 12.9. The molecule has 1 aromatic heterocycles. The van der Waals surface area contributed by atoms with Gasteiger partial charge in [0.1, 0.15) is 12.3 Å². The highest BCUT2D eigenvalue weighted by molar-refractivity contribution is 5.95. The van der Waals surface area contributed by atoms with Crippen LogP contribution < -0.4 is 10.1 Å². The number of rotatable bonds is 4. The van der Waals surface area contributed by atoms with Crippen molar-refractivity contribution < 1.29 is 19.4 Å². The molecule has 1 saturated carbocycles. The highest BCUT2D eigenvalue weighted by Crippen LogP contribution is 2.60. The summed E-state index contributed by atoms with van der Waals surface area (Å²) in [7, 11) is 0. The zero-order chi connectivity index (χ0) is 16.7.